The van der Waals surface area contributed by atoms with Gasteiger partial charge in [-0.1, -0.05) is 18.2 Å². The van der Waals surface area contributed by atoms with E-state index < -0.39 is 0 Å². The monoisotopic (exact) mass is 285 g/mol. The average Bonchev–Trinajstić information content (AvgIpc) is 2.54. The number of aryl methyl sites for hydroxylation is 1. The molecular formula is C17H19NO3. The lowest BCUT2D eigenvalue weighted by molar-refractivity contribution is -0.140. The van der Waals surface area contributed by atoms with Gasteiger partial charge in [0.25, 0.3) is 0 Å². The Hall–Kier alpha value is -2.20. The fraction of sp³-hybridized carbons (Fsp3) is 0.294. The SMILES string of the molecule is COC(=O)CC(c1ccncc1)c1ccc(C)c(CO)c1. The maximum atomic E-state index is 11.7. The molecule has 1 heterocycles. The van der Waals surface area contributed by atoms with E-state index >= 15 is 0 Å². The van der Waals surface area contributed by atoms with Crippen molar-refractivity contribution in [2.24, 2.45) is 0 Å². The summed E-state index contributed by atoms with van der Waals surface area (Å²) in [5.74, 6) is -0.366. The number of aliphatic hydroxyl groups excluding tert-OH is 1. The number of aliphatic hydroxyl groups is 1. The van der Waals surface area contributed by atoms with E-state index in [2.05, 4.69) is 4.98 Å². The Morgan fingerprint density at radius 3 is 2.57 bits per heavy atom. The summed E-state index contributed by atoms with van der Waals surface area (Å²) >= 11 is 0. The van der Waals surface area contributed by atoms with Gasteiger partial charge in [-0.05, 0) is 41.3 Å². The first-order valence-electron chi connectivity index (χ1n) is 6.82. The standard InChI is InChI=1S/C17H19NO3/c1-12-3-4-14(9-15(12)11-19)16(10-17(20)21-2)13-5-7-18-8-6-13/h3-9,16,19H,10-11H2,1-2H3. The van der Waals surface area contributed by atoms with Crippen LogP contribution in [0.3, 0.4) is 0 Å². The highest BCUT2D eigenvalue weighted by Crippen LogP contribution is 2.29. The Morgan fingerprint density at radius 1 is 1.24 bits per heavy atom. The molecule has 0 aliphatic rings. The number of ether oxygens (including phenoxy) is 1. The number of benzene rings is 1. The molecule has 0 saturated heterocycles. The Labute approximate surface area is 124 Å². The lowest BCUT2D eigenvalue weighted by Crippen LogP contribution is -2.10. The summed E-state index contributed by atoms with van der Waals surface area (Å²) in [6.45, 7) is 1.94. The molecule has 2 aromatic rings. The molecular weight excluding hydrogens is 266 g/mol. The third-order valence-electron chi connectivity index (χ3n) is 3.65. The van der Waals surface area contributed by atoms with Crippen LogP contribution in [0.1, 0.15) is 34.6 Å². The summed E-state index contributed by atoms with van der Waals surface area (Å²) in [6.07, 6.45) is 3.68. The molecule has 0 aliphatic carbocycles. The fourth-order valence-electron chi connectivity index (χ4n) is 2.35. The van der Waals surface area contributed by atoms with Crippen LogP contribution in [0.2, 0.25) is 0 Å². The number of carbonyl (C=O) groups is 1. The molecule has 1 N–H and O–H groups in total. The Bertz CT molecular complexity index is 611. The van der Waals surface area contributed by atoms with Gasteiger partial charge < -0.3 is 9.84 Å². The van der Waals surface area contributed by atoms with Crippen molar-refractivity contribution in [1.82, 2.24) is 4.98 Å². The zero-order chi connectivity index (χ0) is 15.2. The molecule has 0 fully saturated rings. The fourth-order valence-corrected chi connectivity index (χ4v) is 2.35. The van der Waals surface area contributed by atoms with Crippen molar-refractivity contribution in [3.8, 4) is 0 Å². The lowest BCUT2D eigenvalue weighted by atomic mass is 9.87. The molecule has 2 rings (SSSR count). The van der Waals surface area contributed by atoms with E-state index in [0.717, 1.165) is 22.3 Å². The predicted molar refractivity (Wildman–Crippen MR) is 79.8 cm³/mol. The number of methoxy groups -OCH3 is 1. The highest BCUT2D eigenvalue weighted by Gasteiger charge is 2.19. The number of carbonyl (C=O) groups excluding carboxylic acids is 1. The van der Waals surface area contributed by atoms with Gasteiger partial charge in [-0.15, -0.1) is 0 Å². The molecule has 1 atom stereocenters. The maximum Gasteiger partial charge on any atom is 0.306 e. The molecule has 4 heteroatoms. The van der Waals surface area contributed by atoms with Gasteiger partial charge in [-0.25, -0.2) is 0 Å². The van der Waals surface area contributed by atoms with Crippen LogP contribution in [0, 0.1) is 6.92 Å². The van der Waals surface area contributed by atoms with Crippen molar-refractivity contribution < 1.29 is 14.6 Å². The topological polar surface area (TPSA) is 59.4 Å². The van der Waals surface area contributed by atoms with E-state index in [1.807, 2.05) is 37.3 Å². The summed E-state index contributed by atoms with van der Waals surface area (Å²) in [5.41, 5.74) is 3.90. The van der Waals surface area contributed by atoms with Crippen molar-refractivity contribution >= 4 is 5.97 Å². The minimum absolute atomic E-state index is 0.0129. The number of esters is 1. The number of pyridine rings is 1. The third-order valence-corrected chi connectivity index (χ3v) is 3.65. The minimum Gasteiger partial charge on any atom is -0.469 e. The van der Waals surface area contributed by atoms with Crippen LogP contribution >= 0.6 is 0 Å². The second kappa shape index (κ2) is 6.99. The van der Waals surface area contributed by atoms with E-state index in [9.17, 15) is 9.90 Å². The lowest BCUT2D eigenvalue weighted by Gasteiger charge is -2.18. The van der Waals surface area contributed by atoms with Crippen LogP contribution in [-0.4, -0.2) is 23.2 Å². The molecule has 0 saturated carbocycles. The molecule has 110 valence electrons. The van der Waals surface area contributed by atoms with Gasteiger partial charge >= 0.3 is 5.97 Å². The Balaban J connectivity index is 2.42. The highest BCUT2D eigenvalue weighted by molar-refractivity contribution is 5.71. The number of aromatic nitrogens is 1. The van der Waals surface area contributed by atoms with Crippen LogP contribution in [0.15, 0.2) is 42.7 Å². The van der Waals surface area contributed by atoms with Crippen LogP contribution < -0.4 is 0 Å². The summed E-state index contributed by atoms with van der Waals surface area (Å²) in [4.78, 5) is 15.7. The van der Waals surface area contributed by atoms with Gasteiger partial charge in [0.2, 0.25) is 0 Å². The summed E-state index contributed by atoms with van der Waals surface area (Å²) < 4.78 is 4.80. The molecule has 0 radical (unpaired) electrons. The van der Waals surface area contributed by atoms with Gasteiger partial charge in [0.05, 0.1) is 20.1 Å². The number of nitrogens with zero attached hydrogens (tertiary/aromatic N) is 1. The van der Waals surface area contributed by atoms with Crippen molar-refractivity contribution in [1.29, 1.82) is 0 Å². The van der Waals surface area contributed by atoms with Crippen LogP contribution in [-0.2, 0) is 16.1 Å². The van der Waals surface area contributed by atoms with Gasteiger partial charge in [0, 0.05) is 18.3 Å². The third kappa shape index (κ3) is 3.67. The number of hydrogen-bond donors (Lipinski definition) is 1. The zero-order valence-electron chi connectivity index (χ0n) is 12.2. The average molecular weight is 285 g/mol. The van der Waals surface area contributed by atoms with E-state index in [-0.39, 0.29) is 24.9 Å². The van der Waals surface area contributed by atoms with Crippen molar-refractivity contribution in [3.05, 3.63) is 65.0 Å². The van der Waals surface area contributed by atoms with Crippen molar-refractivity contribution in [3.63, 3.8) is 0 Å². The van der Waals surface area contributed by atoms with E-state index in [1.165, 1.54) is 7.11 Å². The first kappa shape index (κ1) is 15.2. The van der Waals surface area contributed by atoms with Crippen LogP contribution in [0.4, 0.5) is 0 Å². The second-order valence-electron chi connectivity index (χ2n) is 4.96. The highest BCUT2D eigenvalue weighted by atomic mass is 16.5. The first-order valence-corrected chi connectivity index (χ1v) is 6.82. The van der Waals surface area contributed by atoms with Gasteiger partial charge in [-0.2, -0.15) is 0 Å². The second-order valence-corrected chi connectivity index (χ2v) is 4.96. The largest absolute Gasteiger partial charge is 0.469 e. The molecule has 0 amide bonds. The molecule has 21 heavy (non-hydrogen) atoms. The number of hydrogen-bond acceptors (Lipinski definition) is 4. The van der Waals surface area contributed by atoms with Crippen LogP contribution in [0.25, 0.3) is 0 Å². The van der Waals surface area contributed by atoms with Gasteiger partial charge in [0.15, 0.2) is 0 Å². The molecule has 1 aromatic heterocycles. The minimum atomic E-state index is -0.261. The van der Waals surface area contributed by atoms with Crippen molar-refractivity contribution in [2.75, 3.05) is 7.11 Å². The summed E-state index contributed by atoms with van der Waals surface area (Å²) in [7, 11) is 1.39. The molecule has 0 bridgehead atoms. The first-order chi connectivity index (χ1) is 10.2. The van der Waals surface area contributed by atoms with E-state index in [0.29, 0.717) is 0 Å². The van der Waals surface area contributed by atoms with Crippen molar-refractivity contribution in [2.45, 2.75) is 25.9 Å². The zero-order valence-corrected chi connectivity index (χ0v) is 12.2. The molecule has 0 spiro atoms. The summed E-state index contributed by atoms with van der Waals surface area (Å²) in [6, 6.07) is 9.69. The smallest absolute Gasteiger partial charge is 0.306 e. The molecule has 1 unspecified atom stereocenters. The maximum absolute atomic E-state index is 11.7. The molecule has 1 aromatic carbocycles. The predicted octanol–water partition coefficient (Wildman–Crippen LogP) is 2.58. The quantitative estimate of drug-likeness (QED) is 0.858. The molecule has 4 nitrogen and oxygen atoms in total. The Morgan fingerprint density at radius 2 is 1.95 bits per heavy atom. The Kier molecular flexibility index (Phi) is 5.06. The normalized spacial score (nSPS) is 12.0. The van der Waals surface area contributed by atoms with Gasteiger partial charge in [-0.3, -0.25) is 9.78 Å². The van der Waals surface area contributed by atoms with E-state index in [1.54, 1.807) is 12.4 Å². The van der Waals surface area contributed by atoms with Gasteiger partial charge in [0.1, 0.15) is 0 Å². The summed E-state index contributed by atoms with van der Waals surface area (Å²) in [5, 5.41) is 9.42. The van der Waals surface area contributed by atoms with E-state index in [4.69, 9.17) is 4.74 Å². The van der Waals surface area contributed by atoms with Crippen LogP contribution in [0.5, 0.6) is 0 Å². The number of rotatable bonds is 5. The molecule has 0 aliphatic heterocycles.